The maximum absolute atomic E-state index is 11.4. The summed E-state index contributed by atoms with van der Waals surface area (Å²) in [4.78, 5) is 22.0. The number of nitro groups is 1. The van der Waals surface area contributed by atoms with E-state index in [0.717, 1.165) is 5.56 Å². The van der Waals surface area contributed by atoms with Crippen molar-refractivity contribution in [1.82, 2.24) is 10.2 Å². The second-order valence-corrected chi connectivity index (χ2v) is 5.67. The molecule has 0 aliphatic heterocycles. The highest BCUT2D eigenvalue weighted by molar-refractivity contribution is 6.29. The quantitative estimate of drug-likeness (QED) is 0.371. The molecule has 10 heteroatoms. The molecule has 0 atom stereocenters. The molecule has 0 saturated carbocycles. The minimum Gasteiger partial charge on any atom is -0.379 e. The van der Waals surface area contributed by atoms with Gasteiger partial charge in [0.2, 0.25) is 0 Å². The molecule has 1 heterocycles. The van der Waals surface area contributed by atoms with Crippen LogP contribution in [-0.2, 0) is 0 Å². The Bertz CT molecular complexity index is 733. The average molecular weight is 365 g/mol. The smallest absolute Gasteiger partial charge is 0.292 e. The molecule has 9 nitrogen and oxygen atoms in total. The fourth-order valence-corrected chi connectivity index (χ4v) is 2.29. The van der Waals surface area contributed by atoms with Gasteiger partial charge in [0.25, 0.3) is 11.6 Å². The van der Waals surface area contributed by atoms with Crippen LogP contribution < -0.4 is 16.4 Å². The van der Waals surface area contributed by atoms with Gasteiger partial charge in [-0.25, -0.2) is 0 Å². The Morgan fingerprint density at radius 3 is 2.68 bits per heavy atom. The molecule has 1 amide bonds. The molecule has 2 aromatic rings. The number of nitrogens with one attached hydrogen (secondary N) is 2. The van der Waals surface area contributed by atoms with Crippen molar-refractivity contribution in [3.63, 3.8) is 0 Å². The lowest BCUT2D eigenvalue weighted by Gasteiger charge is -2.10. The number of nitrogens with two attached hydrogens (primary N) is 1. The Morgan fingerprint density at radius 2 is 2.00 bits per heavy atom. The molecule has 25 heavy (non-hydrogen) atoms. The Hall–Kier alpha value is -2.94. The van der Waals surface area contributed by atoms with Gasteiger partial charge in [-0.3, -0.25) is 14.9 Å². The second kappa shape index (κ2) is 8.25. The number of carbonyl (C=O) groups is 1. The van der Waals surface area contributed by atoms with Crippen LogP contribution in [0.5, 0.6) is 0 Å². The lowest BCUT2D eigenvalue weighted by molar-refractivity contribution is -0.384. The molecule has 0 bridgehead atoms. The monoisotopic (exact) mass is 364 g/mol. The third-order valence-electron chi connectivity index (χ3n) is 3.34. The van der Waals surface area contributed by atoms with Crippen molar-refractivity contribution in [2.75, 3.05) is 23.7 Å². The largest absolute Gasteiger partial charge is 0.379 e. The third kappa shape index (κ3) is 5.01. The molecular formula is C15H17ClN6O3. The summed E-state index contributed by atoms with van der Waals surface area (Å²) in [6.07, 6.45) is 0.619. The number of hydrogen-bond donors (Lipinski definition) is 3. The summed E-state index contributed by atoms with van der Waals surface area (Å²) in [6, 6.07) is 6.34. The van der Waals surface area contributed by atoms with Gasteiger partial charge < -0.3 is 16.4 Å². The zero-order valence-corrected chi connectivity index (χ0v) is 14.2. The van der Waals surface area contributed by atoms with Crippen LogP contribution >= 0.6 is 11.6 Å². The molecular weight excluding hydrogens is 348 g/mol. The van der Waals surface area contributed by atoms with E-state index in [9.17, 15) is 14.9 Å². The minimum atomic E-state index is -0.660. The Kier molecular flexibility index (Phi) is 6.07. The van der Waals surface area contributed by atoms with E-state index in [2.05, 4.69) is 20.8 Å². The van der Waals surface area contributed by atoms with Gasteiger partial charge >= 0.3 is 0 Å². The van der Waals surface area contributed by atoms with Crippen LogP contribution in [0.25, 0.3) is 0 Å². The van der Waals surface area contributed by atoms with Crippen molar-refractivity contribution in [3.8, 4) is 0 Å². The summed E-state index contributed by atoms with van der Waals surface area (Å²) in [6.45, 7) is 2.75. The summed E-state index contributed by atoms with van der Waals surface area (Å²) in [5.41, 5.74) is 6.73. The van der Waals surface area contributed by atoms with Gasteiger partial charge in [0.15, 0.2) is 11.0 Å². The number of amides is 1. The van der Waals surface area contributed by atoms with Gasteiger partial charge in [-0.1, -0.05) is 17.7 Å². The van der Waals surface area contributed by atoms with Gasteiger partial charge in [-0.15, -0.1) is 10.2 Å². The number of hydrogen-bond acceptors (Lipinski definition) is 7. The molecule has 0 unspecified atom stereocenters. The molecule has 0 saturated heterocycles. The van der Waals surface area contributed by atoms with Crippen molar-refractivity contribution >= 4 is 34.7 Å². The van der Waals surface area contributed by atoms with Crippen LogP contribution in [0.1, 0.15) is 22.3 Å². The zero-order chi connectivity index (χ0) is 18.4. The van der Waals surface area contributed by atoms with Gasteiger partial charge in [0, 0.05) is 19.2 Å². The zero-order valence-electron chi connectivity index (χ0n) is 13.5. The van der Waals surface area contributed by atoms with Gasteiger partial charge in [-0.2, -0.15) is 0 Å². The topological polar surface area (TPSA) is 136 Å². The van der Waals surface area contributed by atoms with E-state index in [0.29, 0.717) is 25.2 Å². The highest BCUT2D eigenvalue weighted by atomic mass is 35.5. The van der Waals surface area contributed by atoms with Gasteiger partial charge in [0.05, 0.1) is 10.5 Å². The van der Waals surface area contributed by atoms with Crippen molar-refractivity contribution in [1.29, 1.82) is 0 Å². The average Bonchev–Trinajstić information content (AvgIpc) is 2.56. The lowest BCUT2D eigenvalue weighted by Crippen LogP contribution is -2.18. The Morgan fingerprint density at radius 1 is 1.28 bits per heavy atom. The third-order valence-corrected chi connectivity index (χ3v) is 3.53. The fraction of sp³-hybridized carbons (Fsp3) is 0.267. The standard InChI is InChI=1S/C15H17ClN6O3/c1-9-3-4-11(12(7-9)22(24)25)18-5-2-6-19-15-10(14(17)23)8-13(16)20-21-15/h3-4,7-8,18H,2,5-6H2,1H3,(H2,17,23)(H,19,21). The number of aromatic nitrogens is 2. The summed E-state index contributed by atoms with van der Waals surface area (Å²) >= 11 is 5.69. The Labute approximate surface area is 148 Å². The van der Waals surface area contributed by atoms with E-state index in [1.807, 2.05) is 0 Å². The number of nitro benzene ring substituents is 1. The predicted molar refractivity (Wildman–Crippen MR) is 95.0 cm³/mol. The molecule has 0 radical (unpaired) electrons. The number of aryl methyl sites for hydroxylation is 1. The molecule has 1 aromatic heterocycles. The predicted octanol–water partition coefficient (Wildman–Crippen LogP) is 2.36. The number of benzene rings is 1. The van der Waals surface area contributed by atoms with Gasteiger partial charge in [-0.05, 0) is 31.0 Å². The molecule has 132 valence electrons. The number of anilines is 2. The molecule has 0 aliphatic rings. The highest BCUT2D eigenvalue weighted by Gasteiger charge is 2.13. The summed E-state index contributed by atoms with van der Waals surface area (Å²) in [5.74, 6) is -0.411. The van der Waals surface area contributed by atoms with E-state index in [1.165, 1.54) is 12.1 Å². The minimum absolute atomic E-state index is 0.0348. The van der Waals surface area contributed by atoms with Crippen molar-refractivity contribution in [2.24, 2.45) is 5.73 Å². The maximum Gasteiger partial charge on any atom is 0.292 e. The van der Waals surface area contributed by atoms with Crippen LogP contribution in [0, 0.1) is 17.0 Å². The molecule has 0 spiro atoms. The first-order valence-corrected chi connectivity index (χ1v) is 7.82. The number of primary amides is 1. The molecule has 1 aromatic carbocycles. The van der Waals surface area contributed by atoms with Crippen LogP contribution in [0.15, 0.2) is 24.3 Å². The van der Waals surface area contributed by atoms with E-state index < -0.39 is 10.8 Å². The first-order valence-electron chi connectivity index (χ1n) is 7.44. The second-order valence-electron chi connectivity index (χ2n) is 5.28. The van der Waals surface area contributed by atoms with E-state index >= 15 is 0 Å². The van der Waals surface area contributed by atoms with Crippen molar-refractivity contribution in [3.05, 3.63) is 50.7 Å². The number of rotatable bonds is 8. The summed E-state index contributed by atoms with van der Waals surface area (Å²) in [7, 11) is 0. The van der Waals surface area contributed by atoms with Crippen molar-refractivity contribution in [2.45, 2.75) is 13.3 Å². The molecule has 0 fully saturated rings. The maximum atomic E-state index is 11.4. The first kappa shape index (κ1) is 18.4. The van der Waals surface area contributed by atoms with Crippen LogP contribution in [0.4, 0.5) is 17.2 Å². The van der Waals surface area contributed by atoms with E-state index in [1.54, 1.807) is 19.1 Å². The van der Waals surface area contributed by atoms with Gasteiger partial charge in [0.1, 0.15) is 5.69 Å². The SMILES string of the molecule is Cc1ccc(NCCCNc2nnc(Cl)cc2C(N)=O)c([N+](=O)[O-])c1. The molecule has 2 rings (SSSR count). The number of nitrogens with zero attached hydrogens (tertiary/aromatic N) is 3. The Balaban J connectivity index is 1.89. The number of halogens is 1. The van der Waals surface area contributed by atoms with E-state index in [-0.39, 0.29) is 22.2 Å². The van der Waals surface area contributed by atoms with E-state index in [4.69, 9.17) is 17.3 Å². The molecule has 0 aliphatic carbocycles. The normalized spacial score (nSPS) is 10.3. The summed E-state index contributed by atoms with van der Waals surface area (Å²) in [5, 5.41) is 24.6. The van der Waals surface area contributed by atoms with Crippen LogP contribution in [0.2, 0.25) is 5.15 Å². The highest BCUT2D eigenvalue weighted by Crippen LogP contribution is 2.25. The fourth-order valence-electron chi connectivity index (χ4n) is 2.15. The summed E-state index contributed by atoms with van der Waals surface area (Å²) < 4.78 is 0. The molecule has 4 N–H and O–H groups in total. The lowest BCUT2D eigenvalue weighted by atomic mass is 10.2. The number of carbonyl (C=O) groups excluding carboxylic acids is 1. The van der Waals surface area contributed by atoms with Crippen LogP contribution in [-0.4, -0.2) is 34.1 Å². The van der Waals surface area contributed by atoms with Crippen molar-refractivity contribution < 1.29 is 9.72 Å². The van der Waals surface area contributed by atoms with Crippen LogP contribution in [0.3, 0.4) is 0 Å². The first-order chi connectivity index (χ1) is 11.9.